The van der Waals surface area contributed by atoms with E-state index in [1.807, 2.05) is 6.07 Å². The minimum Gasteiger partial charge on any atom is -0.508 e. The van der Waals surface area contributed by atoms with Gasteiger partial charge >= 0.3 is 0 Å². The fourth-order valence-electron chi connectivity index (χ4n) is 2.84. The second kappa shape index (κ2) is 5.94. The van der Waals surface area contributed by atoms with Crippen LogP contribution in [0.2, 0.25) is 5.02 Å². The molecule has 18 heavy (non-hydrogen) atoms. The Morgan fingerprint density at radius 3 is 3.00 bits per heavy atom. The van der Waals surface area contributed by atoms with Gasteiger partial charge in [0.25, 0.3) is 0 Å². The number of phenols is 1. The number of halogens is 1. The normalized spacial score (nSPS) is 22.9. The van der Waals surface area contributed by atoms with Gasteiger partial charge in [-0.1, -0.05) is 24.9 Å². The summed E-state index contributed by atoms with van der Waals surface area (Å²) in [5.41, 5.74) is 0.944. The lowest BCUT2D eigenvalue weighted by atomic mass is 9.93. The fourth-order valence-corrected chi connectivity index (χ4v) is 3.02. The van der Waals surface area contributed by atoms with Gasteiger partial charge < -0.3 is 5.11 Å². The van der Waals surface area contributed by atoms with Crippen LogP contribution in [0.4, 0.5) is 0 Å². The molecule has 1 aromatic carbocycles. The van der Waals surface area contributed by atoms with Gasteiger partial charge in [0.15, 0.2) is 0 Å². The third kappa shape index (κ3) is 2.99. The van der Waals surface area contributed by atoms with Crippen molar-refractivity contribution >= 4 is 11.6 Å². The van der Waals surface area contributed by atoms with E-state index in [0.717, 1.165) is 24.6 Å². The SMILES string of the molecule is CCC1CCCN(C(C)c2cc(Cl)ccc2O)C1. The van der Waals surface area contributed by atoms with Gasteiger partial charge in [0.1, 0.15) is 5.75 Å². The summed E-state index contributed by atoms with van der Waals surface area (Å²) in [5, 5.41) is 10.7. The van der Waals surface area contributed by atoms with Gasteiger partial charge in [-0.2, -0.15) is 0 Å². The van der Waals surface area contributed by atoms with Crippen LogP contribution in [0, 0.1) is 5.92 Å². The van der Waals surface area contributed by atoms with Crippen molar-refractivity contribution in [2.75, 3.05) is 13.1 Å². The summed E-state index contributed by atoms with van der Waals surface area (Å²) in [7, 11) is 0. The Kier molecular flexibility index (Phi) is 4.52. The molecule has 2 rings (SSSR count). The first-order valence-corrected chi connectivity index (χ1v) is 7.22. The molecule has 0 saturated carbocycles. The van der Waals surface area contributed by atoms with Gasteiger partial charge in [0.2, 0.25) is 0 Å². The Labute approximate surface area is 115 Å². The quantitative estimate of drug-likeness (QED) is 0.886. The van der Waals surface area contributed by atoms with Crippen LogP contribution in [0.1, 0.15) is 44.7 Å². The number of nitrogens with zero attached hydrogens (tertiary/aromatic N) is 1. The molecule has 1 aliphatic rings. The predicted octanol–water partition coefficient (Wildman–Crippen LogP) is 4.23. The van der Waals surface area contributed by atoms with E-state index >= 15 is 0 Å². The topological polar surface area (TPSA) is 23.5 Å². The van der Waals surface area contributed by atoms with Gasteiger partial charge in [-0.3, -0.25) is 4.90 Å². The molecule has 1 saturated heterocycles. The fraction of sp³-hybridized carbons (Fsp3) is 0.600. The minimum absolute atomic E-state index is 0.234. The Hall–Kier alpha value is -0.730. The molecular formula is C15H22ClNO. The van der Waals surface area contributed by atoms with Crippen molar-refractivity contribution in [3.05, 3.63) is 28.8 Å². The molecule has 1 aromatic rings. The maximum Gasteiger partial charge on any atom is 0.120 e. The van der Waals surface area contributed by atoms with Crippen LogP contribution in [0.15, 0.2) is 18.2 Å². The standard InChI is InChI=1S/C15H22ClNO/c1-3-12-5-4-8-17(10-12)11(2)14-9-13(16)6-7-15(14)18/h6-7,9,11-12,18H,3-5,8,10H2,1-2H3. The lowest BCUT2D eigenvalue weighted by Crippen LogP contribution is -2.37. The van der Waals surface area contributed by atoms with Crippen LogP contribution in [0.3, 0.4) is 0 Å². The number of piperidine rings is 1. The first-order chi connectivity index (χ1) is 8.61. The van der Waals surface area contributed by atoms with Crippen LogP contribution in [-0.4, -0.2) is 23.1 Å². The summed E-state index contributed by atoms with van der Waals surface area (Å²) < 4.78 is 0. The van der Waals surface area contributed by atoms with Crippen molar-refractivity contribution in [1.29, 1.82) is 0 Å². The second-order valence-corrected chi connectivity index (χ2v) is 5.73. The number of hydrogen-bond donors (Lipinski definition) is 1. The monoisotopic (exact) mass is 267 g/mol. The number of phenolic OH excluding ortho intramolecular Hbond substituents is 1. The Bertz CT molecular complexity index is 407. The van der Waals surface area contributed by atoms with Crippen LogP contribution >= 0.6 is 11.6 Å². The number of hydrogen-bond acceptors (Lipinski definition) is 2. The molecule has 0 bridgehead atoms. The lowest BCUT2D eigenvalue weighted by Gasteiger charge is -2.37. The molecule has 1 heterocycles. The largest absolute Gasteiger partial charge is 0.508 e. The van der Waals surface area contributed by atoms with Gasteiger partial charge in [0, 0.05) is 23.2 Å². The summed E-state index contributed by atoms with van der Waals surface area (Å²) in [5.74, 6) is 1.15. The molecule has 0 radical (unpaired) electrons. The van der Waals surface area contributed by atoms with E-state index in [1.54, 1.807) is 12.1 Å². The van der Waals surface area contributed by atoms with E-state index in [0.29, 0.717) is 10.8 Å². The average Bonchev–Trinajstić information content (AvgIpc) is 2.41. The maximum atomic E-state index is 9.97. The smallest absolute Gasteiger partial charge is 0.120 e. The molecule has 0 spiro atoms. The van der Waals surface area contributed by atoms with E-state index in [2.05, 4.69) is 18.7 Å². The third-order valence-electron chi connectivity index (χ3n) is 4.12. The molecule has 3 heteroatoms. The molecule has 2 unspecified atom stereocenters. The maximum absolute atomic E-state index is 9.97. The lowest BCUT2D eigenvalue weighted by molar-refractivity contribution is 0.128. The first-order valence-electron chi connectivity index (χ1n) is 6.84. The van der Waals surface area contributed by atoms with E-state index in [4.69, 9.17) is 11.6 Å². The van der Waals surface area contributed by atoms with Crippen LogP contribution in [0.5, 0.6) is 5.75 Å². The zero-order valence-electron chi connectivity index (χ0n) is 11.2. The van der Waals surface area contributed by atoms with Gasteiger partial charge in [0.05, 0.1) is 0 Å². The van der Waals surface area contributed by atoms with E-state index < -0.39 is 0 Å². The van der Waals surface area contributed by atoms with E-state index in [9.17, 15) is 5.11 Å². The molecule has 1 aliphatic heterocycles. The predicted molar refractivity (Wildman–Crippen MR) is 76.1 cm³/mol. The first kappa shape index (κ1) is 13.7. The van der Waals surface area contributed by atoms with Crippen LogP contribution in [0.25, 0.3) is 0 Å². The van der Waals surface area contributed by atoms with Crippen molar-refractivity contribution in [3.63, 3.8) is 0 Å². The van der Waals surface area contributed by atoms with Crippen molar-refractivity contribution < 1.29 is 5.11 Å². The molecule has 1 N–H and O–H groups in total. The Morgan fingerprint density at radius 1 is 1.50 bits per heavy atom. The van der Waals surface area contributed by atoms with Crippen LogP contribution < -0.4 is 0 Å². The van der Waals surface area contributed by atoms with Crippen molar-refractivity contribution in [2.24, 2.45) is 5.92 Å². The third-order valence-corrected chi connectivity index (χ3v) is 4.35. The van der Waals surface area contributed by atoms with E-state index in [-0.39, 0.29) is 6.04 Å². The highest BCUT2D eigenvalue weighted by Crippen LogP contribution is 2.33. The number of benzene rings is 1. The molecule has 100 valence electrons. The summed E-state index contributed by atoms with van der Waals surface area (Å²) >= 11 is 6.03. The summed E-state index contributed by atoms with van der Waals surface area (Å²) in [6, 6.07) is 5.54. The zero-order chi connectivity index (χ0) is 13.1. The van der Waals surface area contributed by atoms with Crippen molar-refractivity contribution in [3.8, 4) is 5.75 Å². The average molecular weight is 268 g/mol. The van der Waals surface area contributed by atoms with Gasteiger partial charge in [-0.25, -0.2) is 0 Å². The van der Waals surface area contributed by atoms with Crippen molar-refractivity contribution in [2.45, 2.75) is 39.2 Å². The van der Waals surface area contributed by atoms with Gasteiger partial charge in [-0.05, 0) is 50.4 Å². The van der Waals surface area contributed by atoms with Gasteiger partial charge in [-0.15, -0.1) is 0 Å². The second-order valence-electron chi connectivity index (χ2n) is 5.29. The highest BCUT2D eigenvalue weighted by molar-refractivity contribution is 6.30. The molecular weight excluding hydrogens is 246 g/mol. The molecule has 0 aromatic heterocycles. The minimum atomic E-state index is 0.234. The summed E-state index contributed by atoms with van der Waals surface area (Å²) in [6.45, 7) is 6.66. The van der Waals surface area contributed by atoms with Crippen molar-refractivity contribution in [1.82, 2.24) is 4.90 Å². The number of likely N-dealkylation sites (tertiary alicyclic amines) is 1. The summed E-state index contributed by atoms with van der Waals surface area (Å²) in [6.07, 6.45) is 3.83. The highest BCUT2D eigenvalue weighted by atomic mass is 35.5. The Balaban J connectivity index is 2.14. The number of rotatable bonds is 3. The Morgan fingerprint density at radius 2 is 2.28 bits per heavy atom. The van der Waals surface area contributed by atoms with Crippen LogP contribution in [-0.2, 0) is 0 Å². The highest BCUT2D eigenvalue weighted by Gasteiger charge is 2.24. The molecule has 2 atom stereocenters. The summed E-state index contributed by atoms with van der Waals surface area (Å²) in [4.78, 5) is 2.46. The van der Waals surface area contributed by atoms with E-state index in [1.165, 1.54) is 19.3 Å². The zero-order valence-corrected chi connectivity index (χ0v) is 12.0. The molecule has 1 fully saturated rings. The molecule has 0 amide bonds. The molecule has 2 nitrogen and oxygen atoms in total. The molecule has 0 aliphatic carbocycles. The number of aromatic hydroxyl groups is 1.